The number of Topliss-reactive ketones (excluding diaryl/α,β-unsaturated/α-hetero) is 1. The van der Waals surface area contributed by atoms with Crippen molar-refractivity contribution < 1.29 is 27.5 Å². The van der Waals surface area contributed by atoms with Crippen molar-refractivity contribution in [3.8, 4) is 16.2 Å². The fraction of sp³-hybridized carbons (Fsp3) is 0.200. The largest absolute Gasteiger partial charge is 0.486 e. The van der Waals surface area contributed by atoms with Gasteiger partial charge in [-0.05, 0) is 48.9 Å². The highest BCUT2D eigenvalue weighted by Crippen LogP contribution is 2.41. The molecule has 0 saturated carbocycles. The van der Waals surface area contributed by atoms with Crippen LogP contribution in [0.1, 0.15) is 33.5 Å². The van der Waals surface area contributed by atoms with Crippen molar-refractivity contribution in [1.82, 2.24) is 19.9 Å². The Balaban J connectivity index is 1.22. The van der Waals surface area contributed by atoms with E-state index < -0.39 is 17.8 Å². The number of rotatable bonds is 6. The van der Waals surface area contributed by atoms with E-state index in [-0.39, 0.29) is 29.8 Å². The molecule has 5 rings (SSSR count). The van der Waals surface area contributed by atoms with Crippen molar-refractivity contribution in [3.63, 3.8) is 0 Å². The van der Waals surface area contributed by atoms with Crippen LogP contribution in [0.3, 0.4) is 0 Å². The van der Waals surface area contributed by atoms with Crippen molar-refractivity contribution in [3.05, 3.63) is 75.5 Å². The molecule has 7 nitrogen and oxygen atoms in total. The molecule has 190 valence electrons. The number of nitrogens with one attached hydrogen (secondary N) is 1. The highest BCUT2D eigenvalue weighted by Gasteiger charge is 2.34. The number of thiophene rings is 1. The third-order valence-corrected chi connectivity index (χ3v) is 7.18. The molecule has 1 aromatic carbocycles. The first-order valence-corrected chi connectivity index (χ1v) is 12.3. The maximum atomic E-state index is 13.1. The average Bonchev–Trinajstić information content (AvgIpc) is 3.58. The summed E-state index contributed by atoms with van der Waals surface area (Å²) in [6, 6.07) is 9.59. The summed E-state index contributed by atoms with van der Waals surface area (Å²) >= 11 is 7.83. The molecule has 1 amide bonds. The number of alkyl halides is 3. The summed E-state index contributed by atoms with van der Waals surface area (Å²) in [6.45, 7) is 1.72. The van der Waals surface area contributed by atoms with Gasteiger partial charge in [0.15, 0.2) is 11.4 Å². The van der Waals surface area contributed by atoms with E-state index in [2.05, 4.69) is 15.4 Å². The second kappa shape index (κ2) is 9.64. The SMILES string of the molecule is CC(=O)c1ccc(-c2cc(Cl)c3c(c2)CC(CNC(=O)/C=C/c2cc4nccc(C(F)(F)F)n4n2)O3)s1. The molecular formula is C25H18ClF3N4O3S. The number of fused-ring (bicyclic) bond motifs is 2. The predicted octanol–water partition coefficient (Wildman–Crippen LogP) is 5.47. The van der Waals surface area contributed by atoms with Crippen molar-refractivity contribution >= 4 is 46.4 Å². The van der Waals surface area contributed by atoms with Crippen molar-refractivity contribution in [2.75, 3.05) is 6.54 Å². The van der Waals surface area contributed by atoms with Gasteiger partial charge in [0.05, 0.1) is 22.1 Å². The van der Waals surface area contributed by atoms with E-state index in [0.717, 1.165) is 28.3 Å². The number of halogens is 4. The maximum Gasteiger partial charge on any atom is 0.433 e. The van der Waals surface area contributed by atoms with Gasteiger partial charge in [-0.15, -0.1) is 11.3 Å². The molecule has 4 aromatic rings. The Labute approximate surface area is 217 Å². The highest BCUT2D eigenvalue weighted by molar-refractivity contribution is 7.17. The Morgan fingerprint density at radius 2 is 2.08 bits per heavy atom. The van der Waals surface area contributed by atoms with E-state index in [1.807, 2.05) is 12.1 Å². The Morgan fingerprint density at radius 3 is 2.81 bits per heavy atom. The molecule has 1 aliphatic heterocycles. The molecule has 4 heterocycles. The zero-order chi connectivity index (χ0) is 26.3. The quantitative estimate of drug-likeness (QED) is 0.256. The van der Waals surface area contributed by atoms with E-state index >= 15 is 0 Å². The minimum Gasteiger partial charge on any atom is -0.486 e. The van der Waals surface area contributed by atoms with Crippen LogP contribution in [-0.2, 0) is 17.4 Å². The summed E-state index contributed by atoms with van der Waals surface area (Å²) in [4.78, 5) is 29.4. The van der Waals surface area contributed by atoms with Gasteiger partial charge in [-0.2, -0.15) is 18.3 Å². The van der Waals surface area contributed by atoms with Gasteiger partial charge >= 0.3 is 6.18 Å². The average molecular weight is 547 g/mol. The van der Waals surface area contributed by atoms with Crippen LogP contribution in [0.15, 0.2) is 48.7 Å². The van der Waals surface area contributed by atoms with Gasteiger partial charge in [0.2, 0.25) is 5.91 Å². The summed E-state index contributed by atoms with van der Waals surface area (Å²) in [5.41, 5.74) is 0.994. The number of ketones is 1. The molecule has 0 aliphatic carbocycles. The number of benzene rings is 1. The van der Waals surface area contributed by atoms with Crippen LogP contribution >= 0.6 is 22.9 Å². The molecule has 37 heavy (non-hydrogen) atoms. The van der Waals surface area contributed by atoms with Gasteiger partial charge in [0, 0.05) is 35.2 Å². The molecule has 1 N–H and O–H groups in total. The van der Waals surface area contributed by atoms with E-state index in [0.29, 0.717) is 26.6 Å². The van der Waals surface area contributed by atoms with Gasteiger partial charge in [-0.25, -0.2) is 9.50 Å². The minimum absolute atomic E-state index is 0.000561. The van der Waals surface area contributed by atoms with E-state index in [4.69, 9.17) is 16.3 Å². The van der Waals surface area contributed by atoms with Gasteiger partial charge in [-0.1, -0.05) is 11.6 Å². The molecule has 0 saturated heterocycles. The Bertz CT molecular complexity index is 1560. The summed E-state index contributed by atoms with van der Waals surface area (Å²) in [5.74, 6) is 0.101. The fourth-order valence-corrected chi connectivity index (χ4v) is 5.14. The minimum atomic E-state index is -4.59. The van der Waals surface area contributed by atoms with Crippen molar-refractivity contribution in [1.29, 1.82) is 0 Å². The first-order chi connectivity index (χ1) is 17.6. The molecular weight excluding hydrogens is 529 g/mol. The lowest BCUT2D eigenvalue weighted by molar-refractivity contribution is -0.142. The first kappa shape index (κ1) is 25.0. The van der Waals surface area contributed by atoms with Crippen LogP contribution in [0, 0.1) is 0 Å². The van der Waals surface area contributed by atoms with Gasteiger partial charge in [-0.3, -0.25) is 9.59 Å². The normalized spacial score (nSPS) is 15.2. The number of nitrogens with zero attached hydrogens (tertiary/aromatic N) is 3. The standard InChI is InChI=1S/C25H18ClF3N4O3S/c1-13(34)19-3-4-20(37-19)14-8-15-9-17(36-24(15)18(26)10-14)12-31-23(35)5-2-16-11-22-30-7-6-21(25(27,28)29)33(22)32-16/h2-8,10-11,17H,9,12H2,1H3,(H,31,35)/b5-2+. The molecule has 1 atom stereocenters. The van der Waals surface area contributed by atoms with E-state index in [9.17, 15) is 22.8 Å². The number of ether oxygens (including phenoxy) is 1. The number of aromatic nitrogens is 3. The number of amides is 1. The molecule has 1 aliphatic rings. The molecule has 1 unspecified atom stereocenters. The van der Waals surface area contributed by atoms with Gasteiger partial charge < -0.3 is 10.1 Å². The number of hydrogen-bond donors (Lipinski definition) is 1. The molecule has 3 aromatic heterocycles. The fourth-order valence-electron chi connectivity index (χ4n) is 3.97. The summed E-state index contributed by atoms with van der Waals surface area (Å²) < 4.78 is 46.1. The smallest absolute Gasteiger partial charge is 0.433 e. The topological polar surface area (TPSA) is 85.6 Å². The zero-order valence-electron chi connectivity index (χ0n) is 19.2. The first-order valence-electron chi connectivity index (χ1n) is 11.1. The number of hydrogen-bond acceptors (Lipinski definition) is 6. The highest BCUT2D eigenvalue weighted by atomic mass is 35.5. The molecule has 0 fully saturated rings. The van der Waals surface area contributed by atoms with Crippen molar-refractivity contribution in [2.24, 2.45) is 0 Å². The second-order valence-corrected chi connectivity index (χ2v) is 9.85. The lowest BCUT2D eigenvalue weighted by Gasteiger charge is -2.11. The van der Waals surface area contributed by atoms with Crippen LogP contribution in [0.25, 0.3) is 22.2 Å². The lowest BCUT2D eigenvalue weighted by Crippen LogP contribution is -2.33. The number of carbonyl (C=O) groups is 2. The third kappa shape index (κ3) is 5.23. The van der Waals surface area contributed by atoms with Crippen LogP contribution in [0.5, 0.6) is 5.75 Å². The Morgan fingerprint density at radius 1 is 1.27 bits per heavy atom. The molecule has 0 bridgehead atoms. The second-order valence-electron chi connectivity index (χ2n) is 8.36. The Hall–Kier alpha value is -3.70. The summed E-state index contributed by atoms with van der Waals surface area (Å²) in [6.07, 6.45) is -0.853. The lowest BCUT2D eigenvalue weighted by atomic mass is 10.1. The summed E-state index contributed by atoms with van der Waals surface area (Å²) in [5, 5.41) is 7.04. The van der Waals surface area contributed by atoms with Crippen LogP contribution in [0.4, 0.5) is 13.2 Å². The maximum absolute atomic E-state index is 13.1. The zero-order valence-corrected chi connectivity index (χ0v) is 20.7. The van der Waals surface area contributed by atoms with E-state index in [1.54, 1.807) is 12.1 Å². The van der Waals surface area contributed by atoms with Crippen LogP contribution in [-0.4, -0.2) is 38.9 Å². The molecule has 0 spiro atoms. The van der Waals surface area contributed by atoms with Gasteiger partial charge in [0.1, 0.15) is 17.5 Å². The third-order valence-electron chi connectivity index (χ3n) is 5.67. The van der Waals surface area contributed by atoms with Gasteiger partial charge in [0.25, 0.3) is 0 Å². The van der Waals surface area contributed by atoms with Crippen LogP contribution < -0.4 is 10.1 Å². The summed E-state index contributed by atoms with van der Waals surface area (Å²) in [7, 11) is 0. The van der Waals surface area contributed by atoms with Crippen molar-refractivity contribution in [2.45, 2.75) is 25.6 Å². The Kier molecular flexibility index (Phi) is 6.50. The predicted molar refractivity (Wildman–Crippen MR) is 133 cm³/mol. The molecule has 0 radical (unpaired) electrons. The number of carbonyl (C=O) groups excluding carboxylic acids is 2. The van der Waals surface area contributed by atoms with Crippen LogP contribution in [0.2, 0.25) is 5.02 Å². The monoisotopic (exact) mass is 546 g/mol. The molecule has 12 heteroatoms. The van der Waals surface area contributed by atoms with E-state index in [1.165, 1.54) is 36.5 Å².